The van der Waals surface area contributed by atoms with Crippen LogP contribution in [0.3, 0.4) is 0 Å². The average Bonchev–Trinajstić information content (AvgIpc) is 2.03. The summed E-state index contributed by atoms with van der Waals surface area (Å²) in [6, 6.07) is 6.06. The van der Waals surface area contributed by atoms with E-state index in [1.807, 2.05) is 0 Å². The van der Waals surface area contributed by atoms with Crippen molar-refractivity contribution < 1.29 is 13.9 Å². The zero-order valence-corrected chi connectivity index (χ0v) is 9.52. The Morgan fingerprint density at radius 1 is 1.23 bits per heavy atom. The maximum Gasteiger partial charge on any atom is 0.330 e. The van der Waals surface area contributed by atoms with Crippen LogP contribution in [0.1, 0.15) is 11.7 Å². The number of halogens is 4. The Morgan fingerprint density at radius 3 is 2.08 bits per heavy atom. The third kappa shape index (κ3) is 3.00. The molecule has 1 nitrogen and oxygen atoms in total. The molecule has 1 N–H and O–H groups in total. The highest BCUT2D eigenvalue weighted by molar-refractivity contribution is 9.10. The van der Waals surface area contributed by atoms with Crippen LogP contribution in [-0.2, 0) is 0 Å². The van der Waals surface area contributed by atoms with E-state index in [0.717, 1.165) is 4.47 Å². The van der Waals surface area contributed by atoms with Crippen molar-refractivity contribution >= 4 is 31.9 Å². The van der Waals surface area contributed by atoms with Crippen molar-refractivity contribution in [1.82, 2.24) is 0 Å². The minimum Gasteiger partial charge on any atom is -0.381 e. The van der Waals surface area contributed by atoms with Gasteiger partial charge in [0.05, 0.1) is 0 Å². The van der Waals surface area contributed by atoms with Crippen LogP contribution in [0.15, 0.2) is 28.7 Å². The molecule has 0 amide bonds. The molecule has 0 aromatic heterocycles. The van der Waals surface area contributed by atoms with E-state index < -0.39 is 10.9 Å². The standard InChI is InChI=1S/C8H6Br2F2O/c9-6-3-1-5(2-4-6)7(13)8(10,11)12/h1-4,7,13H. The molecule has 0 fully saturated rings. The van der Waals surface area contributed by atoms with E-state index in [1.165, 1.54) is 12.1 Å². The number of hydrogen-bond donors (Lipinski definition) is 1. The summed E-state index contributed by atoms with van der Waals surface area (Å²) in [4.78, 5) is -3.29. The normalized spacial score (nSPS) is 14.2. The number of aliphatic hydroxyl groups excluding tert-OH is 1. The van der Waals surface area contributed by atoms with Crippen LogP contribution in [0, 0.1) is 0 Å². The fourth-order valence-corrected chi connectivity index (χ4v) is 1.36. The first kappa shape index (κ1) is 11.1. The quantitative estimate of drug-likeness (QED) is 0.829. The van der Waals surface area contributed by atoms with Crippen molar-refractivity contribution in [2.24, 2.45) is 0 Å². The molecule has 1 aromatic carbocycles. The summed E-state index contributed by atoms with van der Waals surface area (Å²) in [6.07, 6.45) is -1.82. The lowest BCUT2D eigenvalue weighted by Crippen LogP contribution is -2.17. The fraction of sp³-hybridized carbons (Fsp3) is 0.250. The third-order valence-electron chi connectivity index (χ3n) is 1.50. The molecule has 0 aliphatic rings. The van der Waals surface area contributed by atoms with Crippen molar-refractivity contribution in [3.05, 3.63) is 34.3 Å². The first-order chi connectivity index (χ1) is 5.91. The third-order valence-corrected chi connectivity index (χ3v) is 2.46. The molecule has 0 aliphatic carbocycles. The Morgan fingerprint density at radius 2 is 1.69 bits per heavy atom. The lowest BCUT2D eigenvalue weighted by Gasteiger charge is -2.16. The Balaban J connectivity index is 2.90. The first-order valence-electron chi connectivity index (χ1n) is 3.41. The van der Waals surface area contributed by atoms with Gasteiger partial charge < -0.3 is 5.11 Å². The van der Waals surface area contributed by atoms with Gasteiger partial charge >= 0.3 is 4.83 Å². The summed E-state index contributed by atoms with van der Waals surface area (Å²) in [5.74, 6) is 0. The predicted molar refractivity (Wildman–Crippen MR) is 53.0 cm³/mol. The van der Waals surface area contributed by atoms with E-state index in [-0.39, 0.29) is 5.56 Å². The van der Waals surface area contributed by atoms with Crippen molar-refractivity contribution in [2.75, 3.05) is 0 Å². The van der Waals surface area contributed by atoms with Gasteiger partial charge in [-0.25, -0.2) is 0 Å². The van der Waals surface area contributed by atoms with Gasteiger partial charge in [-0.15, -0.1) is 0 Å². The maximum atomic E-state index is 12.6. The van der Waals surface area contributed by atoms with Gasteiger partial charge in [-0.05, 0) is 33.6 Å². The second kappa shape index (κ2) is 4.02. The van der Waals surface area contributed by atoms with Crippen LogP contribution in [-0.4, -0.2) is 9.94 Å². The van der Waals surface area contributed by atoms with E-state index in [9.17, 15) is 8.78 Å². The molecule has 0 aliphatic heterocycles. The van der Waals surface area contributed by atoms with Gasteiger partial charge in [-0.1, -0.05) is 28.1 Å². The first-order valence-corrected chi connectivity index (χ1v) is 5.00. The van der Waals surface area contributed by atoms with Gasteiger partial charge in [0.1, 0.15) is 0 Å². The Kier molecular flexibility index (Phi) is 3.43. The number of hydrogen-bond acceptors (Lipinski definition) is 1. The van der Waals surface area contributed by atoms with Gasteiger partial charge in [-0.2, -0.15) is 8.78 Å². The maximum absolute atomic E-state index is 12.6. The van der Waals surface area contributed by atoms with Gasteiger partial charge in [0.15, 0.2) is 6.10 Å². The molecule has 13 heavy (non-hydrogen) atoms. The number of rotatable bonds is 2. The van der Waals surface area contributed by atoms with Crippen molar-refractivity contribution in [3.8, 4) is 0 Å². The number of alkyl halides is 3. The molecule has 1 rings (SSSR count). The number of benzene rings is 1. The van der Waals surface area contributed by atoms with Gasteiger partial charge in [0, 0.05) is 4.47 Å². The molecule has 0 heterocycles. The number of aliphatic hydroxyl groups is 1. The van der Waals surface area contributed by atoms with Gasteiger partial charge in [0.2, 0.25) is 0 Å². The van der Waals surface area contributed by atoms with Crippen LogP contribution in [0.4, 0.5) is 8.78 Å². The minimum absolute atomic E-state index is 0.171. The molecular formula is C8H6Br2F2O. The van der Waals surface area contributed by atoms with E-state index in [1.54, 1.807) is 12.1 Å². The lowest BCUT2D eigenvalue weighted by molar-refractivity contribution is -0.0294. The largest absolute Gasteiger partial charge is 0.381 e. The lowest BCUT2D eigenvalue weighted by atomic mass is 10.1. The summed E-state index contributed by atoms with van der Waals surface area (Å²) in [5.41, 5.74) is 0.171. The second-order valence-corrected chi connectivity index (χ2v) is 4.47. The highest BCUT2D eigenvalue weighted by atomic mass is 79.9. The second-order valence-electron chi connectivity index (χ2n) is 2.50. The Labute approximate surface area is 91.0 Å². The van der Waals surface area contributed by atoms with E-state index in [0.29, 0.717) is 0 Å². The molecule has 0 radical (unpaired) electrons. The summed E-state index contributed by atoms with van der Waals surface area (Å²) in [7, 11) is 0. The predicted octanol–water partition coefficient (Wildman–Crippen LogP) is 3.47. The molecule has 1 aromatic rings. The summed E-state index contributed by atoms with van der Waals surface area (Å²) in [5, 5.41) is 9.14. The van der Waals surface area contributed by atoms with Crippen molar-refractivity contribution in [3.63, 3.8) is 0 Å². The van der Waals surface area contributed by atoms with Crippen LogP contribution < -0.4 is 0 Å². The zero-order valence-electron chi connectivity index (χ0n) is 6.35. The molecule has 0 bridgehead atoms. The zero-order chi connectivity index (χ0) is 10.1. The molecule has 0 spiro atoms. The Hall–Kier alpha value is -0.000000000000000111. The van der Waals surface area contributed by atoms with Crippen LogP contribution in [0.25, 0.3) is 0 Å². The van der Waals surface area contributed by atoms with Crippen LogP contribution in [0.5, 0.6) is 0 Å². The van der Waals surface area contributed by atoms with Gasteiger partial charge in [-0.3, -0.25) is 0 Å². The van der Waals surface area contributed by atoms with Crippen molar-refractivity contribution in [1.29, 1.82) is 0 Å². The average molecular weight is 316 g/mol. The SMILES string of the molecule is OC(c1ccc(Br)cc1)C(F)(F)Br. The monoisotopic (exact) mass is 314 g/mol. The summed E-state index contributed by atoms with van der Waals surface area (Å²) in [6.45, 7) is 0. The Bertz CT molecular complexity index is 281. The van der Waals surface area contributed by atoms with Gasteiger partial charge in [0.25, 0.3) is 0 Å². The van der Waals surface area contributed by atoms with Crippen LogP contribution in [0.2, 0.25) is 0 Å². The molecular weight excluding hydrogens is 310 g/mol. The minimum atomic E-state index is -3.29. The summed E-state index contributed by atoms with van der Waals surface area (Å²) >= 11 is 5.27. The van der Waals surface area contributed by atoms with Crippen LogP contribution >= 0.6 is 31.9 Å². The fourth-order valence-electron chi connectivity index (χ4n) is 0.834. The van der Waals surface area contributed by atoms with Crippen molar-refractivity contribution in [2.45, 2.75) is 10.9 Å². The van der Waals surface area contributed by atoms with E-state index in [2.05, 4.69) is 31.9 Å². The molecule has 5 heteroatoms. The molecule has 72 valence electrons. The molecule has 1 atom stereocenters. The molecule has 1 unspecified atom stereocenters. The smallest absolute Gasteiger partial charge is 0.330 e. The van der Waals surface area contributed by atoms with E-state index in [4.69, 9.17) is 5.11 Å². The highest BCUT2D eigenvalue weighted by Crippen LogP contribution is 2.36. The topological polar surface area (TPSA) is 20.2 Å². The molecule has 0 saturated carbocycles. The van der Waals surface area contributed by atoms with E-state index >= 15 is 0 Å². The molecule has 0 saturated heterocycles. The summed E-state index contributed by atoms with van der Waals surface area (Å²) < 4.78 is 25.9. The highest BCUT2D eigenvalue weighted by Gasteiger charge is 2.35.